The molecule has 0 saturated carbocycles. The zero-order valence-electron chi connectivity index (χ0n) is 10.4. The second kappa shape index (κ2) is 7.06. The van der Waals surface area contributed by atoms with Crippen LogP contribution in [0.5, 0.6) is 5.75 Å². The van der Waals surface area contributed by atoms with Gasteiger partial charge in [-0.3, -0.25) is 9.59 Å². The maximum Gasteiger partial charge on any atom is 0.310 e. The normalized spacial score (nSPS) is 11.9. The molecule has 0 bridgehead atoms. The number of carboxylic acid groups (broad SMARTS) is 1. The molecule has 0 radical (unpaired) electrons. The molecule has 0 heterocycles. The predicted octanol–water partition coefficient (Wildman–Crippen LogP) is 2.35. The van der Waals surface area contributed by atoms with Gasteiger partial charge >= 0.3 is 5.97 Å². The van der Waals surface area contributed by atoms with E-state index in [1.54, 1.807) is 12.1 Å². The van der Waals surface area contributed by atoms with Crippen LogP contribution in [0, 0.1) is 12.8 Å². The number of hydrogen-bond acceptors (Lipinski definition) is 4. The Morgan fingerprint density at radius 2 is 1.94 bits per heavy atom. The van der Waals surface area contributed by atoms with Crippen molar-refractivity contribution in [3.05, 3.63) is 29.8 Å². The fourth-order valence-electron chi connectivity index (χ4n) is 1.24. The number of thioether (sulfide) groups is 1. The highest BCUT2D eigenvalue weighted by Gasteiger charge is 2.19. The fourth-order valence-corrected chi connectivity index (χ4v) is 1.91. The molecule has 1 atom stereocenters. The molecule has 1 unspecified atom stereocenters. The molecule has 1 rings (SSSR count). The van der Waals surface area contributed by atoms with Gasteiger partial charge < -0.3 is 9.84 Å². The van der Waals surface area contributed by atoms with Gasteiger partial charge in [-0.25, -0.2) is 0 Å². The number of carboxylic acids is 1. The Balaban J connectivity index is 2.49. The van der Waals surface area contributed by atoms with Crippen LogP contribution < -0.4 is 4.74 Å². The lowest BCUT2D eigenvalue weighted by Crippen LogP contribution is -2.24. The molecule has 0 saturated heterocycles. The Morgan fingerprint density at radius 1 is 1.33 bits per heavy atom. The number of ether oxygens (including phenoxy) is 1. The average Bonchev–Trinajstić information content (AvgIpc) is 2.30. The molecule has 0 aliphatic heterocycles. The van der Waals surface area contributed by atoms with Gasteiger partial charge in [-0.2, -0.15) is 0 Å². The minimum absolute atomic E-state index is 0.0681. The summed E-state index contributed by atoms with van der Waals surface area (Å²) in [7, 11) is 0. The van der Waals surface area contributed by atoms with E-state index in [9.17, 15) is 9.59 Å². The summed E-state index contributed by atoms with van der Waals surface area (Å²) in [4.78, 5) is 21.8. The number of rotatable bonds is 6. The molecular formula is C13H16O4S. The summed E-state index contributed by atoms with van der Waals surface area (Å²) in [5.41, 5.74) is 1.12. The number of carbonyl (C=O) groups is 2. The molecule has 1 aromatic carbocycles. The third kappa shape index (κ3) is 5.23. The lowest BCUT2D eigenvalue weighted by atomic mass is 10.2. The molecular weight excluding hydrogens is 252 g/mol. The first-order valence-electron chi connectivity index (χ1n) is 5.54. The number of aryl methyl sites for hydroxylation is 1. The second-order valence-corrected chi connectivity index (χ2v) is 5.16. The Bertz CT molecular complexity index is 414. The van der Waals surface area contributed by atoms with Crippen LogP contribution in [0.3, 0.4) is 0 Å². The molecule has 1 N–H and O–H groups in total. The lowest BCUT2D eigenvalue weighted by Gasteiger charge is -2.12. The van der Waals surface area contributed by atoms with E-state index in [2.05, 4.69) is 0 Å². The summed E-state index contributed by atoms with van der Waals surface area (Å²) in [6.45, 7) is 3.45. The van der Waals surface area contributed by atoms with Crippen molar-refractivity contribution in [2.24, 2.45) is 5.92 Å². The first kappa shape index (κ1) is 14.6. The topological polar surface area (TPSA) is 63.6 Å². The van der Waals surface area contributed by atoms with Gasteiger partial charge in [0.25, 0.3) is 0 Å². The SMILES string of the molecule is CC(=O)SCC(COc1ccc(C)cc1)C(=O)O. The van der Waals surface area contributed by atoms with Crippen molar-refractivity contribution in [3.8, 4) is 5.75 Å². The summed E-state index contributed by atoms with van der Waals surface area (Å²) in [5, 5.41) is 8.92. The Hall–Kier alpha value is -1.49. The van der Waals surface area contributed by atoms with Crippen LogP contribution in [0.4, 0.5) is 0 Å². The highest BCUT2D eigenvalue weighted by atomic mass is 32.2. The Kier molecular flexibility index (Phi) is 5.71. The van der Waals surface area contributed by atoms with E-state index in [1.807, 2.05) is 19.1 Å². The standard InChI is InChI=1S/C13H16O4S/c1-9-3-5-12(6-4-9)17-7-11(13(15)16)8-18-10(2)14/h3-6,11H,7-8H2,1-2H3,(H,15,16). The zero-order valence-corrected chi connectivity index (χ0v) is 11.2. The van der Waals surface area contributed by atoms with Gasteiger partial charge in [0.05, 0.1) is 0 Å². The fraction of sp³-hybridized carbons (Fsp3) is 0.385. The largest absolute Gasteiger partial charge is 0.493 e. The average molecular weight is 268 g/mol. The number of benzene rings is 1. The molecule has 5 heteroatoms. The molecule has 18 heavy (non-hydrogen) atoms. The summed E-state index contributed by atoms with van der Waals surface area (Å²) >= 11 is 1.01. The van der Waals surface area contributed by atoms with Crippen LogP contribution in [-0.4, -0.2) is 28.6 Å². The van der Waals surface area contributed by atoms with Gasteiger partial charge in [-0.05, 0) is 19.1 Å². The summed E-state index contributed by atoms with van der Waals surface area (Å²) in [6.07, 6.45) is 0. The second-order valence-electron chi connectivity index (χ2n) is 3.96. The van der Waals surface area contributed by atoms with Gasteiger partial charge in [-0.15, -0.1) is 0 Å². The molecule has 0 aromatic heterocycles. The van der Waals surface area contributed by atoms with Crippen molar-refractivity contribution >= 4 is 22.8 Å². The van der Waals surface area contributed by atoms with Crippen LogP contribution in [0.2, 0.25) is 0 Å². The van der Waals surface area contributed by atoms with E-state index in [0.717, 1.165) is 17.3 Å². The Morgan fingerprint density at radius 3 is 2.44 bits per heavy atom. The quantitative estimate of drug-likeness (QED) is 0.858. The molecule has 0 aliphatic carbocycles. The van der Waals surface area contributed by atoms with E-state index in [1.165, 1.54) is 6.92 Å². The molecule has 0 amide bonds. The van der Waals surface area contributed by atoms with E-state index in [0.29, 0.717) is 5.75 Å². The summed E-state index contributed by atoms with van der Waals surface area (Å²) in [6, 6.07) is 7.39. The molecule has 0 fully saturated rings. The van der Waals surface area contributed by atoms with Crippen molar-refractivity contribution < 1.29 is 19.4 Å². The molecule has 4 nitrogen and oxygen atoms in total. The van der Waals surface area contributed by atoms with Crippen LogP contribution in [0.25, 0.3) is 0 Å². The highest BCUT2D eigenvalue weighted by Crippen LogP contribution is 2.15. The minimum atomic E-state index is -0.948. The maximum absolute atomic E-state index is 11.0. The van der Waals surface area contributed by atoms with Crippen molar-refractivity contribution in [1.82, 2.24) is 0 Å². The smallest absolute Gasteiger partial charge is 0.310 e. The summed E-state index contributed by atoms with van der Waals surface area (Å²) < 4.78 is 5.41. The minimum Gasteiger partial charge on any atom is -0.493 e. The van der Waals surface area contributed by atoms with Gasteiger partial charge in [0.1, 0.15) is 18.3 Å². The van der Waals surface area contributed by atoms with E-state index >= 15 is 0 Å². The number of aliphatic carboxylic acids is 1. The van der Waals surface area contributed by atoms with Gasteiger partial charge in [-0.1, -0.05) is 29.5 Å². The zero-order chi connectivity index (χ0) is 13.5. The van der Waals surface area contributed by atoms with Crippen LogP contribution in [-0.2, 0) is 9.59 Å². The first-order chi connectivity index (χ1) is 8.49. The van der Waals surface area contributed by atoms with E-state index in [-0.39, 0.29) is 17.5 Å². The lowest BCUT2D eigenvalue weighted by molar-refractivity contribution is -0.141. The molecule has 1 aromatic rings. The van der Waals surface area contributed by atoms with E-state index < -0.39 is 11.9 Å². The van der Waals surface area contributed by atoms with Crippen molar-refractivity contribution in [2.75, 3.05) is 12.4 Å². The van der Waals surface area contributed by atoms with Crippen molar-refractivity contribution in [3.63, 3.8) is 0 Å². The van der Waals surface area contributed by atoms with Crippen LogP contribution in [0.1, 0.15) is 12.5 Å². The predicted molar refractivity (Wildman–Crippen MR) is 70.9 cm³/mol. The maximum atomic E-state index is 11.0. The van der Waals surface area contributed by atoms with Gasteiger partial charge in [0.15, 0.2) is 5.12 Å². The van der Waals surface area contributed by atoms with Crippen molar-refractivity contribution in [1.29, 1.82) is 0 Å². The highest BCUT2D eigenvalue weighted by molar-refractivity contribution is 8.13. The van der Waals surface area contributed by atoms with E-state index in [4.69, 9.17) is 9.84 Å². The monoisotopic (exact) mass is 268 g/mol. The van der Waals surface area contributed by atoms with Gasteiger partial charge in [0.2, 0.25) is 0 Å². The molecule has 0 spiro atoms. The van der Waals surface area contributed by atoms with Crippen LogP contribution >= 0.6 is 11.8 Å². The first-order valence-corrected chi connectivity index (χ1v) is 6.53. The summed E-state index contributed by atoms with van der Waals surface area (Å²) in [5.74, 6) is -0.757. The number of carbonyl (C=O) groups excluding carboxylic acids is 1. The third-order valence-corrected chi connectivity index (χ3v) is 3.28. The molecule has 98 valence electrons. The van der Waals surface area contributed by atoms with Crippen LogP contribution in [0.15, 0.2) is 24.3 Å². The van der Waals surface area contributed by atoms with Gasteiger partial charge in [0, 0.05) is 12.7 Å². The Labute approximate surface area is 110 Å². The molecule has 0 aliphatic rings. The third-order valence-electron chi connectivity index (χ3n) is 2.31. The van der Waals surface area contributed by atoms with Crippen molar-refractivity contribution in [2.45, 2.75) is 13.8 Å². The number of hydrogen-bond donors (Lipinski definition) is 1.